The number of ether oxygens (including phenoxy) is 2. The second-order valence-electron chi connectivity index (χ2n) is 4.37. The maximum Gasteiger partial charge on any atom is 0.232 e. The third-order valence-corrected chi connectivity index (χ3v) is 2.91. The fraction of sp³-hybridized carbons (Fsp3) is 0.667. The van der Waals surface area contributed by atoms with Gasteiger partial charge >= 0.3 is 0 Å². The van der Waals surface area contributed by atoms with E-state index in [4.69, 9.17) is 14.6 Å². The molecule has 1 N–H and O–H groups in total. The van der Waals surface area contributed by atoms with Crippen LogP contribution in [0.5, 0.6) is 11.8 Å². The van der Waals surface area contributed by atoms with Crippen LogP contribution in [-0.2, 0) is 0 Å². The van der Waals surface area contributed by atoms with Crippen molar-refractivity contribution in [3.05, 3.63) is 6.07 Å². The molecule has 0 aliphatic heterocycles. The molecule has 1 aliphatic rings. The van der Waals surface area contributed by atoms with Crippen molar-refractivity contribution in [2.24, 2.45) is 5.92 Å². The maximum atomic E-state index is 9.12. The van der Waals surface area contributed by atoms with Crippen LogP contribution in [0.2, 0.25) is 0 Å². The molecule has 1 fully saturated rings. The Kier molecular flexibility index (Phi) is 4.19. The van der Waals surface area contributed by atoms with E-state index >= 15 is 0 Å². The Morgan fingerprint density at radius 2 is 1.89 bits per heavy atom. The Hall–Kier alpha value is -1.56. The Bertz CT molecular complexity index is 374. The molecule has 0 amide bonds. The molecule has 100 valence electrons. The van der Waals surface area contributed by atoms with Gasteiger partial charge in [-0.05, 0) is 18.8 Å². The highest BCUT2D eigenvalue weighted by atomic mass is 16.5. The summed E-state index contributed by atoms with van der Waals surface area (Å²) in [6.07, 6.45) is 2.48. The zero-order valence-corrected chi connectivity index (χ0v) is 10.8. The Morgan fingerprint density at radius 1 is 1.28 bits per heavy atom. The molecule has 2 rings (SSSR count). The third-order valence-electron chi connectivity index (χ3n) is 2.91. The average Bonchev–Trinajstić information content (AvgIpc) is 3.21. The van der Waals surface area contributed by atoms with Gasteiger partial charge < -0.3 is 19.5 Å². The topological polar surface area (TPSA) is 67.7 Å². The molecule has 0 atom stereocenters. The molecule has 1 heterocycles. The van der Waals surface area contributed by atoms with E-state index in [1.165, 1.54) is 12.8 Å². The van der Waals surface area contributed by atoms with Crippen LogP contribution in [0.1, 0.15) is 12.8 Å². The van der Waals surface area contributed by atoms with Gasteiger partial charge in [-0.1, -0.05) is 0 Å². The molecule has 0 spiro atoms. The van der Waals surface area contributed by atoms with Crippen molar-refractivity contribution in [3.8, 4) is 11.8 Å². The summed E-state index contributed by atoms with van der Waals surface area (Å²) < 4.78 is 10.3. The number of methoxy groups -OCH3 is 2. The lowest BCUT2D eigenvalue weighted by Gasteiger charge is -2.22. The van der Waals surface area contributed by atoms with Crippen LogP contribution in [0.25, 0.3) is 0 Å². The van der Waals surface area contributed by atoms with Crippen LogP contribution >= 0.6 is 0 Å². The van der Waals surface area contributed by atoms with E-state index in [0.717, 1.165) is 6.54 Å². The fourth-order valence-corrected chi connectivity index (χ4v) is 1.75. The van der Waals surface area contributed by atoms with E-state index in [2.05, 4.69) is 9.97 Å². The maximum absolute atomic E-state index is 9.12. The van der Waals surface area contributed by atoms with Gasteiger partial charge in [0, 0.05) is 13.1 Å². The van der Waals surface area contributed by atoms with Crippen LogP contribution in [0.15, 0.2) is 6.07 Å². The first-order valence-electron chi connectivity index (χ1n) is 6.09. The minimum Gasteiger partial charge on any atom is -0.481 e. The molecule has 0 unspecified atom stereocenters. The molecule has 6 nitrogen and oxygen atoms in total. The summed E-state index contributed by atoms with van der Waals surface area (Å²) in [5.41, 5.74) is 0. The van der Waals surface area contributed by atoms with Crippen molar-refractivity contribution in [2.45, 2.75) is 12.8 Å². The van der Waals surface area contributed by atoms with Crippen LogP contribution < -0.4 is 14.4 Å². The van der Waals surface area contributed by atoms with E-state index in [9.17, 15) is 0 Å². The minimum absolute atomic E-state index is 0.0790. The number of anilines is 1. The van der Waals surface area contributed by atoms with Crippen molar-refractivity contribution in [2.75, 3.05) is 38.8 Å². The highest BCUT2D eigenvalue weighted by Crippen LogP contribution is 2.31. The second kappa shape index (κ2) is 5.86. The Morgan fingerprint density at radius 3 is 2.33 bits per heavy atom. The largest absolute Gasteiger partial charge is 0.481 e. The fourth-order valence-electron chi connectivity index (χ4n) is 1.75. The number of aliphatic hydroxyl groups excluding tert-OH is 1. The summed E-state index contributed by atoms with van der Waals surface area (Å²) in [7, 11) is 3.12. The first kappa shape index (κ1) is 12.9. The minimum atomic E-state index is 0.0790. The molecule has 0 aromatic carbocycles. The molecule has 6 heteroatoms. The number of aliphatic hydroxyl groups is 1. The predicted octanol–water partition coefficient (Wildman–Crippen LogP) is 0.702. The average molecular weight is 253 g/mol. The molecule has 1 aromatic heterocycles. The number of rotatable bonds is 7. The van der Waals surface area contributed by atoms with Gasteiger partial charge in [0.15, 0.2) is 0 Å². The first-order chi connectivity index (χ1) is 8.76. The van der Waals surface area contributed by atoms with Gasteiger partial charge in [0.05, 0.1) is 26.9 Å². The van der Waals surface area contributed by atoms with Crippen molar-refractivity contribution in [1.29, 1.82) is 0 Å². The van der Waals surface area contributed by atoms with Gasteiger partial charge in [0.1, 0.15) is 0 Å². The summed E-state index contributed by atoms with van der Waals surface area (Å²) >= 11 is 0. The van der Waals surface area contributed by atoms with E-state index in [1.807, 2.05) is 4.90 Å². The van der Waals surface area contributed by atoms with Gasteiger partial charge in [-0.2, -0.15) is 9.97 Å². The zero-order valence-electron chi connectivity index (χ0n) is 10.8. The van der Waals surface area contributed by atoms with Crippen molar-refractivity contribution >= 4 is 5.95 Å². The summed E-state index contributed by atoms with van der Waals surface area (Å²) in [5, 5.41) is 9.12. The molecule has 18 heavy (non-hydrogen) atoms. The Labute approximate surface area is 107 Å². The summed E-state index contributed by atoms with van der Waals surface area (Å²) in [4.78, 5) is 10.6. The van der Waals surface area contributed by atoms with Gasteiger partial charge in [-0.25, -0.2) is 0 Å². The summed E-state index contributed by atoms with van der Waals surface area (Å²) in [5.74, 6) is 2.18. The Balaban J connectivity index is 2.20. The third kappa shape index (κ3) is 3.22. The lowest BCUT2D eigenvalue weighted by molar-refractivity contribution is 0.299. The van der Waals surface area contributed by atoms with Gasteiger partial charge in [0.25, 0.3) is 0 Å². The summed E-state index contributed by atoms with van der Waals surface area (Å²) in [6.45, 7) is 1.47. The van der Waals surface area contributed by atoms with Crippen LogP contribution in [0.4, 0.5) is 5.95 Å². The molecule has 0 saturated heterocycles. The predicted molar refractivity (Wildman–Crippen MR) is 67.2 cm³/mol. The second-order valence-corrected chi connectivity index (χ2v) is 4.37. The smallest absolute Gasteiger partial charge is 0.232 e. The number of hydrogen-bond donors (Lipinski definition) is 1. The quantitative estimate of drug-likeness (QED) is 0.771. The van der Waals surface area contributed by atoms with E-state index in [-0.39, 0.29) is 6.61 Å². The number of nitrogens with zero attached hydrogens (tertiary/aromatic N) is 3. The monoisotopic (exact) mass is 253 g/mol. The number of aromatic nitrogens is 2. The SMILES string of the molecule is COc1cc(OC)nc(N(CCO)CC2CC2)n1. The van der Waals surface area contributed by atoms with E-state index < -0.39 is 0 Å². The van der Waals surface area contributed by atoms with E-state index in [1.54, 1.807) is 20.3 Å². The number of hydrogen-bond acceptors (Lipinski definition) is 6. The standard InChI is InChI=1S/C12H19N3O3/c1-17-10-7-11(18-2)14-12(13-10)15(5-6-16)8-9-3-4-9/h7,9,16H,3-6,8H2,1-2H3. The van der Waals surface area contributed by atoms with Gasteiger partial charge in [-0.3, -0.25) is 0 Å². The molecule has 1 saturated carbocycles. The molecular weight excluding hydrogens is 234 g/mol. The zero-order chi connectivity index (χ0) is 13.0. The lowest BCUT2D eigenvalue weighted by atomic mass is 10.4. The first-order valence-corrected chi connectivity index (χ1v) is 6.09. The normalized spacial score (nSPS) is 14.4. The highest BCUT2D eigenvalue weighted by Gasteiger charge is 2.25. The molecule has 0 radical (unpaired) electrons. The van der Waals surface area contributed by atoms with Crippen LogP contribution in [-0.4, -0.2) is 49.0 Å². The van der Waals surface area contributed by atoms with Crippen LogP contribution in [0.3, 0.4) is 0 Å². The van der Waals surface area contributed by atoms with Crippen molar-refractivity contribution in [1.82, 2.24) is 9.97 Å². The van der Waals surface area contributed by atoms with E-state index in [0.29, 0.717) is 30.2 Å². The van der Waals surface area contributed by atoms with Crippen molar-refractivity contribution in [3.63, 3.8) is 0 Å². The lowest BCUT2D eigenvalue weighted by Crippen LogP contribution is -2.30. The van der Waals surface area contributed by atoms with Gasteiger partial charge in [-0.15, -0.1) is 0 Å². The van der Waals surface area contributed by atoms with Crippen molar-refractivity contribution < 1.29 is 14.6 Å². The summed E-state index contributed by atoms with van der Waals surface area (Å²) in [6, 6.07) is 1.64. The van der Waals surface area contributed by atoms with Gasteiger partial charge in [0.2, 0.25) is 17.7 Å². The molecule has 1 aromatic rings. The highest BCUT2D eigenvalue weighted by molar-refractivity contribution is 5.37. The molecule has 0 bridgehead atoms. The molecular formula is C12H19N3O3. The van der Waals surface area contributed by atoms with Crippen LogP contribution in [0, 0.1) is 5.92 Å². The molecule has 1 aliphatic carbocycles.